The Balaban J connectivity index is 1.60. The summed E-state index contributed by atoms with van der Waals surface area (Å²) in [5.74, 6) is 6.56. The van der Waals surface area contributed by atoms with Gasteiger partial charge in [0.15, 0.2) is 5.82 Å². The van der Waals surface area contributed by atoms with Crippen molar-refractivity contribution in [3.05, 3.63) is 11.6 Å². The minimum absolute atomic E-state index is 0.238. The molecule has 0 amide bonds. The molecule has 1 atom stereocenters. The molecule has 0 saturated heterocycles. The van der Waals surface area contributed by atoms with Crippen molar-refractivity contribution >= 4 is 0 Å². The fourth-order valence-electron chi connectivity index (χ4n) is 5.13. The van der Waals surface area contributed by atoms with Crippen molar-refractivity contribution in [2.45, 2.75) is 51.0 Å². The van der Waals surface area contributed by atoms with E-state index in [1.165, 1.54) is 37.9 Å². The van der Waals surface area contributed by atoms with E-state index >= 15 is 0 Å². The molecule has 2 N–H and O–H groups in total. The van der Waals surface area contributed by atoms with Crippen molar-refractivity contribution in [3.63, 3.8) is 0 Å². The van der Waals surface area contributed by atoms with E-state index in [1.807, 2.05) is 7.05 Å². The highest BCUT2D eigenvalue weighted by Gasteiger charge is 2.49. The fraction of sp³-hybridized carbons (Fsp3) is 0.867. The molecule has 4 aliphatic rings. The van der Waals surface area contributed by atoms with Gasteiger partial charge >= 0.3 is 0 Å². The van der Waals surface area contributed by atoms with Gasteiger partial charge in [-0.2, -0.15) is 5.10 Å². The third-order valence-corrected chi connectivity index (χ3v) is 5.88. The lowest BCUT2D eigenvalue weighted by Gasteiger charge is -2.53. The highest BCUT2D eigenvalue weighted by atomic mass is 15.2. The summed E-state index contributed by atoms with van der Waals surface area (Å²) in [5.41, 5.74) is 0. The van der Waals surface area contributed by atoms with Gasteiger partial charge < -0.3 is 5.32 Å². The average Bonchev–Trinajstić information content (AvgIpc) is 2.86. The zero-order valence-electron chi connectivity index (χ0n) is 11.9. The lowest BCUT2D eigenvalue weighted by Crippen LogP contribution is -2.44. The molecule has 0 radical (unpaired) electrons. The number of H-pyrrole nitrogens is 1. The average molecular weight is 260 g/mol. The van der Waals surface area contributed by atoms with E-state index in [2.05, 4.69) is 22.4 Å². The van der Waals surface area contributed by atoms with Crippen molar-refractivity contribution < 1.29 is 0 Å². The third kappa shape index (κ3) is 1.83. The number of rotatable bonds is 3. The molecule has 19 heavy (non-hydrogen) atoms. The van der Waals surface area contributed by atoms with Crippen LogP contribution in [0.25, 0.3) is 0 Å². The van der Waals surface area contributed by atoms with E-state index in [4.69, 9.17) is 4.98 Å². The molecule has 4 aliphatic carbocycles. The normalized spacial score (nSPS) is 41.7. The number of nitrogens with zero attached hydrogens (tertiary/aromatic N) is 2. The topological polar surface area (TPSA) is 53.6 Å². The van der Waals surface area contributed by atoms with Crippen LogP contribution in [0, 0.1) is 23.7 Å². The van der Waals surface area contributed by atoms with Crippen molar-refractivity contribution in [2.75, 3.05) is 7.05 Å². The number of hydrogen-bond donors (Lipinski definition) is 2. The van der Waals surface area contributed by atoms with Gasteiger partial charge in [0.2, 0.25) is 0 Å². The van der Waals surface area contributed by atoms with Crippen molar-refractivity contribution in [3.8, 4) is 0 Å². The number of aromatic amines is 1. The molecule has 4 saturated carbocycles. The summed E-state index contributed by atoms with van der Waals surface area (Å²) in [6.07, 6.45) is 7.27. The van der Waals surface area contributed by atoms with Crippen LogP contribution in [-0.4, -0.2) is 22.2 Å². The smallest absolute Gasteiger partial charge is 0.167 e. The van der Waals surface area contributed by atoms with Crippen molar-refractivity contribution in [1.29, 1.82) is 0 Å². The molecule has 104 valence electrons. The van der Waals surface area contributed by atoms with Gasteiger partial charge in [-0.3, -0.25) is 5.10 Å². The van der Waals surface area contributed by atoms with Crippen LogP contribution in [0.2, 0.25) is 0 Å². The third-order valence-electron chi connectivity index (χ3n) is 5.88. The largest absolute Gasteiger partial charge is 0.311 e. The highest BCUT2D eigenvalue weighted by molar-refractivity contribution is 5.11. The van der Waals surface area contributed by atoms with Crippen LogP contribution in [0.4, 0.5) is 0 Å². The lowest BCUT2D eigenvalue weighted by atomic mass is 9.52. The summed E-state index contributed by atoms with van der Waals surface area (Å²) < 4.78 is 0. The highest BCUT2D eigenvalue weighted by Crippen LogP contribution is 2.59. The van der Waals surface area contributed by atoms with Gasteiger partial charge in [-0.25, -0.2) is 4.98 Å². The van der Waals surface area contributed by atoms with Crippen LogP contribution in [-0.2, 0) is 0 Å². The second-order valence-corrected chi connectivity index (χ2v) is 7.05. The Kier molecular flexibility index (Phi) is 2.69. The van der Waals surface area contributed by atoms with Gasteiger partial charge in [0.05, 0.1) is 6.04 Å². The monoisotopic (exact) mass is 260 g/mol. The van der Waals surface area contributed by atoms with Gasteiger partial charge in [0, 0.05) is 5.92 Å². The zero-order valence-corrected chi connectivity index (χ0v) is 11.9. The quantitative estimate of drug-likeness (QED) is 0.878. The van der Waals surface area contributed by atoms with Crippen LogP contribution >= 0.6 is 0 Å². The molecule has 0 aliphatic heterocycles. The first-order valence-electron chi connectivity index (χ1n) is 7.84. The van der Waals surface area contributed by atoms with E-state index in [1.54, 1.807) is 0 Å². The molecule has 4 heteroatoms. The Labute approximate surface area is 114 Å². The fourth-order valence-corrected chi connectivity index (χ4v) is 5.13. The van der Waals surface area contributed by atoms with Crippen LogP contribution < -0.4 is 5.32 Å². The molecule has 5 rings (SSSR count). The van der Waals surface area contributed by atoms with E-state index in [0.717, 1.165) is 29.5 Å². The van der Waals surface area contributed by atoms with Gasteiger partial charge in [0.1, 0.15) is 5.82 Å². The Morgan fingerprint density at radius 3 is 2.32 bits per heavy atom. The summed E-state index contributed by atoms with van der Waals surface area (Å²) in [5, 5.41) is 10.9. The molecule has 4 fully saturated rings. The maximum absolute atomic E-state index is 4.80. The summed E-state index contributed by atoms with van der Waals surface area (Å²) in [6.45, 7) is 2.11. The Morgan fingerprint density at radius 2 is 1.74 bits per heavy atom. The molecular weight excluding hydrogens is 236 g/mol. The SMILES string of the molecule is CNC(C)c1n[nH]c(C2C3CC4CC(C3)CC2C4)n1. The van der Waals surface area contributed by atoms with Gasteiger partial charge in [-0.15, -0.1) is 0 Å². The Bertz CT molecular complexity index is 438. The molecule has 1 unspecified atom stereocenters. The van der Waals surface area contributed by atoms with Crippen molar-refractivity contribution in [1.82, 2.24) is 20.5 Å². The van der Waals surface area contributed by atoms with Crippen LogP contribution in [0.1, 0.15) is 62.6 Å². The maximum Gasteiger partial charge on any atom is 0.167 e. The van der Waals surface area contributed by atoms with E-state index in [9.17, 15) is 0 Å². The summed E-state index contributed by atoms with van der Waals surface area (Å²) in [6, 6.07) is 0.238. The molecule has 4 bridgehead atoms. The first-order valence-corrected chi connectivity index (χ1v) is 7.84. The van der Waals surface area contributed by atoms with E-state index in [0.29, 0.717) is 5.92 Å². The summed E-state index contributed by atoms with van der Waals surface area (Å²) in [7, 11) is 1.96. The molecule has 1 aromatic rings. The van der Waals surface area contributed by atoms with E-state index < -0.39 is 0 Å². The minimum Gasteiger partial charge on any atom is -0.311 e. The molecule has 0 aromatic carbocycles. The lowest BCUT2D eigenvalue weighted by molar-refractivity contribution is -0.00556. The Morgan fingerprint density at radius 1 is 1.11 bits per heavy atom. The van der Waals surface area contributed by atoms with Crippen LogP contribution in [0.3, 0.4) is 0 Å². The van der Waals surface area contributed by atoms with E-state index in [-0.39, 0.29) is 6.04 Å². The maximum atomic E-state index is 4.80. The predicted molar refractivity (Wildman–Crippen MR) is 73.6 cm³/mol. The number of nitrogens with one attached hydrogen (secondary N) is 2. The molecule has 0 spiro atoms. The molecule has 1 heterocycles. The summed E-state index contributed by atoms with van der Waals surface area (Å²) in [4.78, 5) is 4.80. The number of aromatic nitrogens is 3. The second kappa shape index (κ2) is 4.30. The standard InChI is InChI=1S/C15H24N4/c1-8(16-2)14-17-15(19-18-14)13-11-4-9-3-10(6-11)7-12(13)5-9/h8-13,16H,3-7H2,1-2H3,(H,17,18,19). The molecule has 1 aromatic heterocycles. The van der Waals surface area contributed by atoms with Gasteiger partial charge in [-0.1, -0.05) is 0 Å². The van der Waals surface area contributed by atoms with Crippen LogP contribution in [0.15, 0.2) is 0 Å². The number of hydrogen-bond acceptors (Lipinski definition) is 3. The van der Waals surface area contributed by atoms with Crippen molar-refractivity contribution in [2.24, 2.45) is 23.7 Å². The first kappa shape index (κ1) is 11.9. The van der Waals surface area contributed by atoms with Gasteiger partial charge in [-0.05, 0) is 69.7 Å². The summed E-state index contributed by atoms with van der Waals surface area (Å²) >= 11 is 0. The minimum atomic E-state index is 0.238. The second-order valence-electron chi connectivity index (χ2n) is 7.05. The zero-order chi connectivity index (χ0) is 13.0. The molecular formula is C15H24N4. The Hall–Kier alpha value is -0.900. The predicted octanol–water partition coefficient (Wildman–Crippen LogP) is 2.62. The van der Waals surface area contributed by atoms with Crippen LogP contribution in [0.5, 0.6) is 0 Å². The molecule has 4 nitrogen and oxygen atoms in total. The first-order chi connectivity index (χ1) is 9.24. The van der Waals surface area contributed by atoms with Gasteiger partial charge in [0.25, 0.3) is 0 Å².